The van der Waals surface area contributed by atoms with Gasteiger partial charge in [0.05, 0.1) is 29.7 Å². The number of urea groups is 1. The van der Waals surface area contributed by atoms with Crippen molar-refractivity contribution in [3.8, 4) is 11.5 Å². The molecule has 0 spiro atoms. The average Bonchev–Trinajstić information content (AvgIpc) is 3.33. The smallest absolute Gasteiger partial charge is 0.338 e. The summed E-state index contributed by atoms with van der Waals surface area (Å²) in [5, 5.41) is 5.03. The van der Waals surface area contributed by atoms with Crippen molar-refractivity contribution in [1.29, 1.82) is 0 Å². The molecule has 0 radical (unpaired) electrons. The van der Waals surface area contributed by atoms with Gasteiger partial charge in [0.25, 0.3) is 11.5 Å². The van der Waals surface area contributed by atoms with E-state index in [1.54, 1.807) is 22.8 Å². The number of benzene rings is 2. The first-order valence-corrected chi connectivity index (χ1v) is 11.6. The fourth-order valence-corrected chi connectivity index (χ4v) is 3.88. The van der Waals surface area contributed by atoms with Crippen molar-refractivity contribution >= 4 is 34.5 Å². The van der Waals surface area contributed by atoms with E-state index in [9.17, 15) is 19.2 Å². The molecule has 4 rings (SSSR count). The molecule has 1 aromatic heterocycles. The monoisotopic (exact) mass is 494 g/mol. The van der Waals surface area contributed by atoms with Crippen molar-refractivity contribution in [3.63, 3.8) is 0 Å². The van der Waals surface area contributed by atoms with Crippen LogP contribution in [-0.4, -0.2) is 47.3 Å². The van der Waals surface area contributed by atoms with E-state index in [4.69, 9.17) is 14.2 Å². The van der Waals surface area contributed by atoms with Gasteiger partial charge in [0.2, 0.25) is 0 Å². The molecule has 0 saturated carbocycles. The lowest BCUT2D eigenvalue weighted by Gasteiger charge is -2.13. The minimum atomic E-state index is -0.813. The molecule has 0 aliphatic carbocycles. The number of hydrogen-bond donors (Lipinski definition) is 2. The van der Waals surface area contributed by atoms with Gasteiger partial charge in [-0.2, -0.15) is 0 Å². The summed E-state index contributed by atoms with van der Waals surface area (Å²) in [6.45, 7) is 4.50. The van der Waals surface area contributed by atoms with Gasteiger partial charge in [-0.05, 0) is 50.6 Å². The maximum atomic E-state index is 12.6. The van der Waals surface area contributed by atoms with Crippen LogP contribution in [0, 0.1) is 0 Å². The number of aromatic nitrogens is 2. The topological polar surface area (TPSA) is 138 Å². The number of carbonyl (C=O) groups excluding carboxylic acids is 3. The van der Waals surface area contributed by atoms with Crippen molar-refractivity contribution < 1.29 is 28.6 Å². The predicted molar refractivity (Wildman–Crippen MR) is 131 cm³/mol. The van der Waals surface area contributed by atoms with E-state index in [2.05, 4.69) is 15.6 Å². The third kappa shape index (κ3) is 5.45. The number of rotatable bonds is 8. The molecular weight excluding hydrogens is 468 g/mol. The van der Waals surface area contributed by atoms with E-state index in [1.807, 2.05) is 13.8 Å². The van der Waals surface area contributed by atoms with Gasteiger partial charge >= 0.3 is 12.0 Å². The number of aryl methyl sites for hydroxylation is 1. The molecule has 1 aliphatic heterocycles. The van der Waals surface area contributed by atoms with E-state index < -0.39 is 24.5 Å². The number of esters is 1. The summed E-state index contributed by atoms with van der Waals surface area (Å²) in [6.07, 6.45) is 1.55. The Balaban J connectivity index is 1.33. The Morgan fingerprint density at radius 1 is 1.03 bits per heavy atom. The van der Waals surface area contributed by atoms with E-state index >= 15 is 0 Å². The zero-order chi connectivity index (χ0) is 25.7. The quantitative estimate of drug-likeness (QED) is 0.456. The van der Waals surface area contributed by atoms with Gasteiger partial charge in [-0.3, -0.25) is 19.5 Å². The van der Waals surface area contributed by atoms with Gasteiger partial charge in [0.15, 0.2) is 18.1 Å². The number of hydrogen-bond acceptors (Lipinski definition) is 8. The van der Waals surface area contributed by atoms with E-state index in [-0.39, 0.29) is 11.1 Å². The molecule has 11 nitrogen and oxygen atoms in total. The number of ether oxygens (including phenoxy) is 3. The van der Waals surface area contributed by atoms with E-state index in [0.29, 0.717) is 60.1 Å². The molecule has 2 N–H and O–H groups in total. The largest absolute Gasteiger partial charge is 0.490 e. The molecule has 2 aromatic carbocycles. The highest BCUT2D eigenvalue weighted by molar-refractivity contribution is 6.02. The summed E-state index contributed by atoms with van der Waals surface area (Å²) >= 11 is 0. The molecular formula is C25H26N4O7. The third-order valence-corrected chi connectivity index (χ3v) is 5.44. The zero-order valence-electron chi connectivity index (χ0n) is 20.0. The first kappa shape index (κ1) is 24.7. The summed E-state index contributed by atoms with van der Waals surface area (Å²) in [6, 6.07) is 8.46. The molecule has 0 unspecified atom stereocenters. The standard InChI is InChI=1S/C25H26N4O7/c1-3-34-19-10-8-16(13-20(19)35-4-2)26-25(33)28-22(30)14-36-24(32)15-7-9-17-18(12-15)27-21-6-5-11-29(21)23(17)31/h7-10,12-13H,3-6,11,14H2,1-2H3,(H2,26,28,30,33). The van der Waals surface area contributed by atoms with Crippen molar-refractivity contribution in [2.24, 2.45) is 0 Å². The normalized spacial score (nSPS) is 12.1. The van der Waals surface area contributed by atoms with Crippen molar-refractivity contribution in [3.05, 3.63) is 58.1 Å². The Hall–Kier alpha value is -4.41. The number of fused-ring (bicyclic) bond motifs is 2. The summed E-state index contributed by atoms with van der Waals surface area (Å²) < 4.78 is 17.7. The average molecular weight is 495 g/mol. The number of anilines is 1. The highest BCUT2D eigenvalue weighted by atomic mass is 16.5. The van der Waals surface area contributed by atoms with Crippen LogP contribution in [0.4, 0.5) is 10.5 Å². The number of nitrogens with one attached hydrogen (secondary N) is 2. The lowest BCUT2D eigenvalue weighted by molar-refractivity contribution is -0.123. The zero-order valence-corrected chi connectivity index (χ0v) is 20.0. The Morgan fingerprint density at radius 3 is 2.58 bits per heavy atom. The fourth-order valence-electron chi connectivity index (χ4n) is 3.88. The van der Waals surface area contributed by atoms with Gasteiger partial charge in [0, 0.05) is 24.7 Å². The number of nitrogens with zero attached hydrogens (tertiary/aromatic N) is 2. The molecule has 0 saturated heterocycles. The van der Waals surface area contributed by atoms with Crippen LogP contribution < -0.4 is 25.7 Å². The Labute approximate surface area is 206 Å². The van der Waals surface area contributed by atoms with Gasteiger partial charge < -0.3 is 19.5 Å². The molecule has 0 fully saturated rings. The minimum Gasteiger partial charge on any atom is -0.490 e. The highest BCUT2D eigenvalue weighted by Gasteiger charge is 2.18. The molecule has 11 heteroatoms. The summed E-state index contributed by atoms with van der Waals surface area (Å²) in [4.78, 5) is 53.8. The van der Waals surface area contributed by atoms with Crippen LogP contribution in [0.3, 0.4) is 0 Å². The maximum Gasteiger partial charge on any atom is 0.338 e. The maximum absolute atomic E-state index is 12.6. The Bertz CT molecular complexity index is 1380. The summed E-state index contributed by atoms with van der Waals surface area (Å²) in [5.41, 5.74) is 0.787. The molecule has 36 heavy (non-hydrogen) atoms. The predicted octanol–water partition coefficient (Wildman–Crippen LogP) is 2.65. The molecule has 188 valence electrons. The molecule has 0 bridgehead atoms. The number of carbonyl (C=O) groups is 3. The van der Waals surface area contributed by atoms with E-state index in [0.717, 1.165) is 6.42 Å². The van der Waals surface area contributed by atoms with Crippen LogP contribution in [0.25, 0.3) is 10.9 Å². The summed E-state index contributed by atoms with van der Waals surface area (Å²) in [5.74, 6) is 0.0839. The van der Waals surface area contributed by atoms with Gasteiger partial charge in [0.1, 0.15) is 5.82 Å². The number of amides is 3. The highest BCUT2D eigenvalue weighted by Crippen LogP contribution is 2.30. The third-order valence-electron chi connectivity index (χ3n) is 5.44. The van der Waals surface area contributed by atoms with Crippen molar-refractivity contribution in [1.82, 2.24) is 14.9 Å². The van der Waals surface area contributed by atoms with Crippen LogP contribution in [-0.2, 0) is 22.5 Å². The van der Waals surface area contributed by atoms with Crippen molar-refractivity contribution in [2.45, 2.75) is 33.2 Å². The molecule has 3 aromatic rings. The fraction of sp³-hybridized carbons (Fsp3) is 0.320. The lowest BCUT2D eigenvalue weighted by atomic mass is 10.1. The Kier molecular flexibility index (Phi) is 7.47. The lowest BCUT2D eigenvalue weighted by Crippen LogP contribution is -2.37. The SMILES string of the molecule is CCOc1ccc(NC(=O)NC(=O)COC(=O)c2ccc3c(=O)n4c(nc3c2)CCC4)cc1OCC. The van der Waals surface area contributed by atoms with E-state index in [1.165, 1.54) is 18.2 Å². The van der Waals surface area contributed by atoms with Crippen LogP contribution in [0.5, 0.6) is 11.5 Å². The second-order valence-electron chi connectivity index (χ2n) is 7.93. The second kappa shape index (κ2) is 10.9. The van der Waals surface area contributed by atoms with Gasteiger partial charge in [-0.25, -0.2) is 14.6 Å². The molecule has 1 aliphatic rings. The van der Waals surface area contributed by atoms with Crippen molar-refractivity contribution in [2.75, 3.05) is 25.1 Å². The minimum absolute atomic E-state index is 0.140. The van der Waals surface area contributed by atoms with Crippen LogP contribution in [0.2, 0.25) is 0 Å². The molecule has 2 heterocycles. The number of imide groups is 1. The molecule has 0 atom stereocenters. The van der Waals surface area contributed by atoms with Crippen LogP contribution in [0.1, 0.15) is 36.5 Å². The first-order chi connectivity index (χ1) is 17.4. The van der Waals surface area contributed by atoms with Crippen LogP contribution in [0.15, 0.2) is 41.2 Å². The van der Waals surface area contributed by atoms with Gasteiger partial charge in [-0.1, -0.05) is 0 Å². The summed E-state index contributed by atoms with van der Waals surface area (Å²) in [7, 11) is 0. The van der Waals surface area contributed by atoms with Crippen LogP contribution >= 0.6 is 0 Å². The first-order valence-electron chi connectivity index (χ1n) is 11.6. The van der Waals surface area contributed by atoms with Gasteiger partial charge in [-0.15, -0.1) is 0 Å². The molecule has 3 amide bonds. The second-order valence-corrected chi connectivity index (χ2v) is 7.93. The Morgan fingerprint density at radius 2 is 1.81 bits per heavy atom.